The molecule has 0 spiro atoms. The summed E-state index contributed by atoms with van der Waals surface area (Å²) >= 11 is 5.88. The fourth-order valence-electron chi connectivity index (χ4n) is 1.87. The van der Waals surface area contributed by atoms with E-state index < -0.39 is 0 Å². The molecule has 0 saturated carbocycles. The molecule has 94 valence electrons. The molecule has 0 aliphatic rings. The predicted octanol–water partition coefficient (Wildman–Crippen LogP) is 3.79. The van der Waals surface area contributed by atoms with Gasteiger partial charge in [-0.1, -0.05) is 41.9 Å². The molecule has 0 bridgehead atoms. The van der Waals surface area contributed by atoms with Crippen molar-refractivity contribution in [3.05, 3.63) is 64.7 Å². The predicted molar refractivity (Wildman–Crippen MR) is 75.1 cm³/mol. The van der Waals surface area contributed by atoms with Gasteiger partial charge in [0.05, 0.1) is 12.6 Å². The molecule has 0 saturated heterocycles. The second-order valence-electron chi connectivity index (χ2n) is 4.00. The minimum atomic E-state index is -0.204. The van der Waals surface area contributed by atoms with Gasteiger partial charge in [-0.25, -0.2) is 0 Å². The minimum absolute atomic E-state index is 0.204. The summed E-state index contributed by atoms with van der Waals surface area (Å²) in [7, 11) is 0. The van der Waals surface area contributed by atoms with Crippen molar-refractivity contribution in [2.75, 3.05) is 6.61 Å². The number of rotatable bonds is 4. The van der Waals surface area contributed by atoms with Gasteiger partial charge in [-0.15, -0.1) is 0 Å². The Kier molecular flexibility index (Phi) is 4.24. The lowest BCUT2D eigenvalue weighted by atomic mass is 9.99. The second-order valence-corrected chi connectivity index (χ2v) is 4.44. The molecular weight excluding hydrogens is 246 g/mol. The van der Waals surface area contributed by atoms with E-state index in [2.05, 4.69) is 0 Å². The van der Waals surface area contributed by atoms with Gasteiger partial charge in [-0.05, 0) is 30.7 Å². The average Bonchev–Trinajstić information content (AvgIpc) is 2.40. The van der Waals surface area contributed by atoms with Crippen LogP contribution >= 0.6 is 11.6 Å². The van der Waals surface area contributed by atoms with E-state index in [0.717, 1.165) is 16.9 Å². The molecule has 2 aromatic carbocycles. The van der Waals surface area contributed by atoms with Gasteiger partial charge >= 0.3 is 0 Å². The first-order chi connectivity index (χ1) is 8.72. The maximum Gasteiger partial charge on any atom is 0.124 e. The first kappa shape index (κ1) is 12.9. The summed E-state index contributed by atoms with van der Waals surface area (Å²) < 4.78 is 5.60. The first-order valence-corrected chi connectivity index (χ1v) is 6.33. The third-order valence-electron chi connectivity index (χ3n) is 2.78. The highest BCUT2D eigenvalue weighted by molar-refractivity contribution is 6.30. The lowest BCUT2D eigenvalue weighted by molar-refractivity contribution is 0.335. The van der Waals surface area contributed by atoms with Crippen LogP contribution in [0.5, 0.6) is 5.75 Å². The van der Waals surface area contributed by atoms with Crippen molar-refractivity contribution in [2.45, 2.75) is 13.0 Å². The monoisotopic (exact) mass is 261 g/mol. The molecule has 0 fully saturated rings. The van der Waals surface area contributed by atoms with Crippen LogP contribution in [0.3, 0.4) is 0 Å². The molecular formula is C15H16ClNO. The molecule has 1 unspecified atom stereocenters. The van der Waals surface area contributed by atoms with Crippen LogP contribution in [0.25, 0.3) is 0 Å². The molecule has 0 aliphatic heterocycles. The van der Waals surface area contributed by atoms with Gasteiger partial charge in [-0.3, -0.25) is 0 Å². The average molecular weight is 262 g/mol. The Labute approximate surface area is 112 Å². The van der Waals surface area contributed by atoms with E-state index in [0.29, 0.717) is 11.6 Å². The van der Waals surface area contributed by atoms with Gasteiger partial charge < -0.3 is 10.5 Å². The topological polar surface area (TPSA) is 35.2 Å². The molecule has 0 aromatic heterocycles. The molecule has 1 atom stereocenters. The van der Waals surface area contributed by atoms with Crippen molar-refractivity contribution < 1.29 is 4.74 Å². The number of hydrogen-bond acceptors (Lipinski definition) is 2. The Morgan fingerprint density at radius 3 is 2.44 bits per heavy atom. The van der Waals surface area contributed by atoms with Gasteiger partial charge in [0.25, 0.3) is 0 Å². The van der Waals surface area contributed by atoms with E-state index in [1.165, 1.54) is 0 Å². The highest BCUT2D eigenvalue weighted by Crippen LogP contribution is 2.28. The molecule has 18 heavy (non-hydrogen) atoms. The van der Waals surface area contributed by atoms with Gasteiger partial charge in [0.15, 0.2) is 0 Å². The molecule has 3 heteroatoms. The number of para-hydroxylation sites is 1. The SMILES string of the molecule is CCOc1ccccc1C(N)c1ccc(Cl)cc1. The molecule has 0 radical (unpaired) electrons. The molecule has 0 amide bonds. The molecule has 2 nitrogen and oxygen atoms in total. The van der Waals surface area contributed by atoms with Crippen molar-refractivity contribution in [2.24, 2.45) is 5.73 Å². The fraction of sp³-hybridized carbons (Fsp3) is 0.200. The number of hydrogen-bond donors (Lipinski definition) is 1. The van der Waals surface area contributed by atoms with Crippen LogP contribution in [-0.2, 0) is 0 Å². The highest BCUT2D eigenvalue weighted by Gasteiger charge is 2.13. The maximum atomic E-state index is 6.27. The zero-order chi connectivity index (χ0) is 13.0. The van der Waals surface area contributed by atoms with E-state index in [1.54, 1.807) is 0 Å². The zero-order valence-electron chi connectivity index (χ0n) is 10.3. The minimum Gasteiger partial charge on any atom is -0.494 e. The van der Waals surface area contributed by atoms with Gasteiger partial charge in [0.1, 0.15) is 5.75 Å². The third-order valence-corrected chi connectivity index (χ3v) is 3.04. The zero-order valence-corrected chi connectivity index (χ0v) is 11.0. The summed E-state index contributed by atoms with van der Waals surface area (Å²) in [4.78, 5) is 0. The van der Waals surface area contributed by atoms with Crippen molar-refractivity contribution in [1.29, 1.82) is 0 Å². The van der Waals surface area contributed by atoms with Crippen molar-refractivity contribution >= 4 is 11.6 Å². The van der Waals surface area contributed by atoms with Gasteiger partial charge in [-0.2, -0.15) is 0 Å². The molecule has 2 N–H and O–H groups in total. The summed E-state index contributed by atoms with van der Waals surface area (Å²) in [5.41, 5.74) is 8.28. The van der Waals surface area contributed by atoms with Crippen molar-refractivity contribution in [3.63, 3.8) is 0 Å². The van der Waals surface area contributed by atoms with Gasteiger partial charge in [0.2, 0.25) is 0 Å². The molecule has 2 rings (SSSR count). The van der Waals surface area contributed by atoms with Crippen LogP contribution in [0.1, 0.15) is 24.1 Å². The van der Waals surface area contributed by atoms with E-state index in [4.69, 9.17) is 22.1 Å². The summed E-state index contributed by atoms with van der Waals surface area (Å²) in [5.74, 6) is 0.836. The Bertz CT molecular complexity index is 510. The third kappa shape index (κ3) is 2.84. The lowest BCUT2D eigenvalue weighted by Gasteiger charge is -2.16. The van der Waals surface area contributed by atoms with Crippen LogP contribution in [-0.4, -0.2) is 6.61 Å². The van der Waals surface area contributed by atoms with E-state index in [1.807, 2.05) is 55.5 Å². The first-order valence-electron chi connectivity index (χ1n) is 5.95. The Morgan fingerprint density at radius 1 is 1.11 bits per heavy atom. The van der Waals surface area contributed by atoms with Crippen LogP contribution in [0.4, 0.5) is 0 Å². The molecule has 0 heterocycles. The second kappa shape index (κ2) is 5.89. The van der Waals surface area contributed by atoms with Crippen LogP contribution < -0.4 is 10.5 Å². The maximum absolute atomic E-state index is 6.27. The van der Waals surface area contributed by atoms with E-state index in [9.17, 15) is 0 Å². The van der Waals surface area contributed by atoms with Crippen molar-refractivity contribution in [1.82, 2.24) is 0 Å². The summed E-state index contributed by atoms with van der Waals surface area (Å²) in [6, 6.07) is 15.2. The summed E-state index contributed by atoms with van der Waals surface area (Å²) in [6.45, 7) is 2.59. The normalized spacial score (nSPS) is 12.2. The summed E-state index contributed by atoms with van der Waals surface area (Å²) in [5, 5.41) is 0.712. The largest absolute Gasteiger partial charge is 0.494 e. The fourth-order valence-corrected chi connectivity index (χ4v) is 2.00. The van der Waals surface area contributed by atoms with E-state index >= 15 is 0 Å². The Hall–Kier alpha value is -1.51. The van der Waals surface area contributed by atoms with Crippen LogP contribution in [0.15, 0.2) is 48.5 Å². The van der Waals surface area contributed by atoms with Crippen LogP contribution in [0, 0.1) is 0 Å². The van der Waals surface area contributed by atoms with Crippen LogP contribution in [0.2, 0.25) is 5.02 Å². The Balaban J connectivity index is 2.33. The van der Waals surface area contributed by atoms with Crippen molar-refractivity contribution in [3.8, 4) is 5.75 Å². The van der Waals surface area contributed by atoms with Gasteiger partial charge in [0, 0.05) is 10.6 Å². The number of nitrogens with two attached hydrogens (primary N) is 1. The quantitative estimate of drug-likeness (QED) is 0.909. The Morgan fingerprint density at radius 2 is 1.78 bits per heavy atom. The molecule has 0 aliphatic carbocycles. The molecule has 2 aromatic rings. The summed E-state index contributed by atoms with van der Waals surface area (Å²) in [6.07, 6.45) is 0. The number of benzene rings is 2. The van der Waals surface area contributed by atoms with E-state index in [-0.39, 0.29) is 6.04 Å². The number of ether oxygens (including phenoxy) is 1. The highest BCUT2D eigenvalue weighted by atomic mass is 35.5. The lowest BCUT2D eigenvalue weighted by Crippen LogP contribution is -2.13. The standard InChI is InChI=1S/C15H16ClNO/c1-2-18-14-6-4-3-5-13(14)15(17)11-7-9-12(16)10-8-11/h3-10,15H,2,17H2,1H3. The number of halogens is 1. The smallest absolute Gasteiger partial charge is 0.124 e.